The molecule has 0 amide bonds. The van der Waals surface area contributed by atoms with Gasteiger partial charge < -0.3 is 9.84 Å². The normalized spacial score (nSPS) is 11.9. The molecule has 2 rings (SSSR count). The number of carbonyl (C=O) groups is 1. The summed E-state index contributed by atoms with van der Waals surface area (Å²) in [6, 6.07) is 14.6. The number of halogens is 1. The van der Waals surface area contributed by atoms with Gasteiger partial charge in [0.1, 0.15) is 5.75 Å². The van der Waals surface area contributed by atoms with Gasteiger partial charge in [-0.05, 0) is 24.6 Å². The number of hydrogen-bond acceptors (Lipinski definition) is 2. The average Bonchev–Trinajstić information content (AvgIpc) is 2.40. The van der Waals surface area contributed by atoms with Crippen molar-refractivity contribution in [2.75, 3.05) is 0 Å². The van der Waals surface area contributed by atoms with Gasteiger partial charge in [0.15, 0.2) is 6.10 Å². The molecular weight excluding hydrogens is 276 g/mol. The highest BCUT2D eigenvalue weighted by atomic mass is 35.5. The predicted octanol–water partition coefficient (Wildman–Crippen LogP) is 3.72. The van der Waals surface area contributed by atoms with E-state index in [0.717, 1.165) is 11.1 Å². The summed E-state index contributed by atoms with van der Waals surface area (Å²) in [5.41, 5.74) is 2.01. The smallest absolute Gasteiger partial charge is 0.345 e. The maximum absolute atomic E-state index is 11.3. The number of para-hydroxylation sites is 1. The van der Waals surface area contributed by atoms with Gasteiger partial charge in [-0.1, -0.05) is 53.6 Å². The van der Waals surface area contributed by atoms with Crippen LogP contribution in [0.2, 0.25) is 5.02 Å². The average molecular weight is 291 g/mol. The van der Waals surface area contributed by atoms with Crippen LogP contribution in [0.15, 0.2) is 48.5 Å². The first-order valence-corrected chi connectivity index (χ1v) is 6.63. The maximum Gasteiger partial charge on any atom is 0.345 e. The van der Waals surface area contributed by atoms with Gasteiger partial charge in [0, 0.05) is 6.42 Å². The van der Waals surface area contributed by atoms with Crippen molar-refractivity contribution in [3.8, 4) is 5.75 Å². The summed E-state index contributed by atoms with van der Waals surface area (Å²) in [7, 11) is 0. The Kier molecular flexibility index (Phi) is 4.64. The molecule has 0 aliphatic rings. The zero-order valence-electron chi connectivity index (χ0n) is 11.0. The van der Waals surface area contributed by atoms with Crippen LogP contribution in [-0.4, -0.2) is 17.2 Å². The second kappa shape index (κ2) is 6.44. The number of carboxylic acid groups (broad SMARTS) is 1. The molecule has 4 heteroatoms. The van der Waals surface area contributed by atoms with Crippen molar-refractivity contribution in [3.05, 3.63) is 64.7 Å². The van der Waals surface area contributed by atoms with Crippen LogP contribution in [0.3, 0.4) is 0 Å². The summed E-state index contributed by atoms with van der Waals surface area (Å²) < 4.78 is 5.52. The third-order valence-corrected chi connectivity index (χ3v) is 3.20. The fourth-order valence-corrected chi connectivity index (χ4v) is 2.11. The molecule has 1 unspecified atom stereocenters. The fourth-order valence-electron chi connectivity index (χ4n) is 1.93. The highest BCUT2D eigenvalue weighted by Crippen LogP contribution is 2.25. The van der Waals surface area contributed by atoms with E-state index < -0.39 is 12.1 Å². The number of hydrogen-bond donors (Lipinski definition) is 1. The third kappa shape index (κ3) is 3.75. The molecule has 0 aliphatic carbocycles. The van der Waals surface area contributed by atoms with E-state index in [1.807, 2.05) is 31.2 Å². The first-order chi connectivity index (χ1) is 9.56. The zero-order chi connectivity index (χ0) is 14.5. The molecule has 0 fully saturated rings. The van der Waals surface area contributed by atoms with E-state index in [-0.39, 0.29) is 0 Å². The summed E-state index contributed by atoms with van der Waals surface area (Å²) in [5.74, 6) is -0.624. The van der Waals surface area contributed by atoms with Crippen LogP contribution in [0.5, 0.6) is 5.75 Å². The van der Waals surface area contributed by atoms with Gasteiger partial charge in [-0.2, -0.15) is 0 Å². The molecule has 0 spiro atoms. The SMILES string of the molecule is Cc1cccc(CC(Oc2ccccc2Cl)C(=O)O)c1. The molecule has 0 radical (unpaired) electrons. The zero-order valence-corrected chi connectivity index (χ0v) is 11.8. The molecule has 2 aromatic carbocycles. The van der Waals surface area contributed by atoms with Crippen molar-refractivity contribution in [3.63, 3.8) is 0 Å². The van der Waals surface area contributed by atoms with E-state index in [1.165, 1.54) is 0 Å². The van der Waals surface area contributed by atoms with E-state index in [4.69, 9.17) is 16.3 Å². The second-order valence-corrected chi connectivity index (χ2v) is 4.98. The van der Waals surface area contributed by atoms with Crippen LogP contribution in [0, 0.1) is 6.92 Å². The first-order valence-electron chi connectivity index (χ1n) is 6.26. The molecule has 1 N–H and O–H groups in total. The quantitative estimate of drug-likeness (QED) is 0.913. The Morgan fingerprint density at radius 2 is 2.00 bits per heavy atom. The Labute approximate surface area is 122 Å². The van der Waals surface area contributed by atoms with Gasteiger partial charge in [-0.15, -0.1) is 0 Å². The van der Waals surface area contributed by atoms with E-state index in [9.17, 15) is 9.90 Å². The standard InChI is InChI=1S/C16H15ClO3/c1-11-5-4-6-12(9-11)10-15(16(18)19)20-14-8-3-2-7-13(14)17/h2-9,15H,10H2,1H3,(H,18,19). The van der Waals surface area contributed by atoms with Crippen LogP contribution in [0.25, 0.3) is 0 Å². The summed E-state index contributed by atoms with van der Waals surface area (Å²) in [5, 5.41) is 9.69. The second-order valence-electron chi connectivity index (χ2n) is 4.57. The highest BCUT2D eigenvalue weighted by Gasteiger charge is 2.21. The first kappa shape index (κ1) is 14.4. The van der Waals surface area contributed by atoms with E-state index in [2.05, 4.69) is 0 Å². The molecule has 0 saturated carbocycles. The van der Waals surface area contributed by atoms with Gasteiger partial charge in [0.25, 0.3) is 0 Å². The number of aryl methyl sites for hydroxylation is 1. The minimum Gasteiger partial charge on any atom is -0.478 e. The minimum atomic E-state index is -1.01. The van der Waals surface area contributed by atoms with Crippen molar-refractivity contribution < 1.29 is 14.6 Å². The van der Waals surface area contributed by atoms with Gasteiger partial charge >= 0.3 is 5.97 Å². The molecule has 104 valence electrons. The lowest BCUT2D eigenvalue weighted by Crippen LogP contribution is -2.29. The summed E-state index contributed by atoms with van der Waals surface area (Å²) >= 11 is 5.98. The molecule has 20 heavy (non-hydrogen) atoms. The van der Waals surface area contributed by atoms with Crippen molar-refractivity contribution in [1.82, 2.24) is 0 Å². The third-order valence-electron chi connectivity index (χ3n) is 2.88. The predicted molar refractivity (Wildman–Crippen MR) is 78.4 cm³/mol. The monoisotopic (exact) mass is 290 g/mol. The number of carboxylic acids is 1. The molecular formula is C16H15ClO3. The largest absolute Gasteiger partial charge is 0.478 e. The van der Waals surface area contributed by atoms with Crippen molar-refractivity contribution >= 4 is 17.6 Å². The van der Waals surface area contributed by atoms with E-state index >= 15 is 0 Å². The number of aliphatic carboxylic acids is 1. The fraction of sp³-hybridized carbons (Fsp3) is 0.188. The highest BCUT2D eigenvalue weighted by molar-refractivity contribution is 6.32. The van der Waals surface area contributed by atoms with Crippen LogP contribution in [0.4, 0.5) is 0 Å². The molecule has 3 nitrogen and oxygen atoms in total. The van der Waals surface area contributed by atoms with Crippen LogP contribution in [0.1, 0.15) is 11.1 Å². The number of rotatable bonds is 5. The minimum absolute atomic E-state index is 0.294. The Morgan fingerprint density at radius 1 is 1.25 bits per heavy atom. The molecule has 0 aromatic heterocycles. The Morgan fingerprint density at radius 3 is 2.65 bits per heavy atom. The molecule has 2 aromatic rings. The van der Waals surface area contributed by atoms with Crippen LogP contribution < -0.4 is 4.74 Å². The summed E-state index contributed by atoms with van der Waals surface area (Å²) in [6.07, 6.45) is -0.668. The number of ether oxygens (including phenoxy) is 1. The summed E-state index contributed by atoms with van der Waals surface area (Å²) in [6.45, 7) is 1.97. The Balaban J connectivity index is 2.16. The Hall–Kier alpha value is -2.00. The van der Waals surface area contributed by atoms with Gasteiger partial charge in [0.2, 0.25) is 0 Å². The summed E-state index contributed by atoms with van der Waals surface area (Å²) in [4.78, 5) is 11.3. The lowest BCUT2D eigenvalue weighted by atomic mass is 10.1. The van der Waals surface area contributed by atoms with E-state index in [0.29, 0.717) is 17.2 Å². The van der Waals surface area contributed by atoms with E-state index in [1.54, 1.807) is 24.3 Å². The molecule has 1 atom stereocenters. The van der Waals surface area contributed by atoms with Crippen molar-refractivity contribution in [1.29, 1.82) is 0 Å². The van der Waals surface area contributed by atoms with Gasteiger partial charge in [-0.3, -0.25) is 0 Å². The van der Waals surface area contributed by atoms with Crippen molar-refractivity contribution in [2.45, 2.75) is 19.4 Å². The van der Waals surface area contributed by atoms with Crippen molar-refractivity contribution in [2.24, 2.45) is 0 Å². The molecule has 0 aliphatic heterocycles. The topological polar surface area (TPSA) is 46.5 Å². The van der Waals surface area contributed by atoms with Crippen LogP contribution >= 0.6 is 11.6 Å². The molecule has 0 saturated heterocycles. The van der Waals surface area contributed by atoms with Gasteiger partial charge in [-0.25, -0.2) is 4.79 Å². The lowest BCUT2D eigenvalue weighted by molar-refractivity contribution is -0.145. The van der Waals surface area contributed by atoms with Gasteiger partial charge in [0.05, 0.1) is 5.02 Å². The number of benzene rings is 2. The van der Waals surface area contributed by atoms with Crippen LogP contribution in [-0.2, 0) is 11.2 Å². The molecule has 0 heterocycles. The lowest BCUT2D eigenvalue weighted by Gasteiger charge is -2.16. The molecule has 0 bridgehead atoms. The maximum atomic E-state index is 11.3. The Bertz CT molecular complexity index is 610.